The normalized spacial score (nSPS) is 40.6. The van der Waals surface area contributed by atoms with Crippen molar-refractivity contribution < 1.29 is 24.9 Å². The molecule has 0 heterocycles. The molecule has 0 aromatic carbocycles. The molecule has 10 atom stereocenters. The number of hydrogen-bond donors (Lipinski definition) is 3. The van der Waals surface area contributed by atoms with Gasteiger partial charge in [0, 0.05) is 11.8 Å². The Balaban J connectivity index is 1.44. The summed E-state index contributed by atoms with van der Waals surface area (Å²) in [6.45, 7) is 20.1. The molecular formula is C40H72O5. The van der Waals surface area contributed by atoms with Crippen LogP contribution in [0.2, 0.25) is 0 Å². The second-order valence-corrected chi connectivity index (χ2v) is 18.7. The quantitative estimate of drug-likeness (QED) is 0.131. The van der Waals surface area contributed by atoms with Crippen molar-refractivity contribution in [3.8, 4) is 0 Å². The van der Waals surface area contributed by atoms with Crippen molar-refractivity contribution in [1.82, 2.24) is 0 Å². The van der Waals surface area contributed by atoms with Crippen LogP contribution >= 0.6 is 0 Å². The predicted molar refractivity (Wildman–Crippen MR) is 184 cm³/mol. The zero-order valence-corrected chi connectivity index (χ0v) is 30.9. The third kappa shape index (κ3) is 7.22. The van der Waals surface area contributed by atoms with Crippen molar-refractivity contribution in [3.05, 3.63) is 0 Å². The van der Waals surface area contributed by atoms with Gasteiger partial charge in [0.2, 0.25) is 0 Å². The lowest BCUT2D eigenvalue weighted by atomic mass is 9.35. The average molecular weight is 633 g/mol. The fourth-order valence-electron chi connectivity index (χ4n) is 12.2. The molecule has 5 heteroatoms. The lowest BCUT2D eigenvalue weighted by molar-refractivity contribution is -0.249. The predicted octanol–water partition coefficient (Wildman–Crippen LogP) is 9.39. The lowest BCUT2D eigenvalue weighted by Crippen LogP contribution is -2.66. The molecule has 3 N–H and O–H groups in total. The first-order valence-electron chi connectivity index (χ1n) is 19.2. The Labute approximate surface area is 277 Å². The molecule has 4 saturated carbocycles. The van der Waals surface area contributed by atoms with Crippen LogP contribution in [0.25, 0.3) is 0 Å². The van der Waals surface area contributed by atoms with Crippen molar-refractivity contribution in [1.29, 1.82) is 0 Å². The van der Waals surface area contributed by atoms with Gasteiger partial charge in [0.1, 0.15) is 6.10 Å². The molecule has 4 aliphatic rings. The van der Waals surface area contributed by atoms with Gasteiger partial charge in [-0.05, 0) is 131 Å². The molecule has 45 heavy (non-hydrogen) atoms. The zero-order valence-electron chi connectivity index (χ0n) is 30.9. The number of fused-ring (bicyclic) bond motifs is 5. The summed E-state index contributed by atoms with van der Waals surface area (Å²) >= 11 is 0. The molecule has 5 nitrogen and oxygen atoms in total. The van der Waals surface area contributed by atoms with Gasteiger partial charge in [-0.25, -0.2) is 0 Å². The van der Waals surface area contributed by atoms with E-state index in [-0.39, 0.29) is 45.6 Å². The van der Waals surface area contributed by atoms with Crippen molar-refractivity contribution in [3.63, 3.8) is 0 Å². The van der Waals surface area contributed by atoms with E-state index >= 15 is 0 Å². The summed E-state index contributed by atoms with van der Waals surface area (Å²) in [6.07, 6.45) is 17.7. The van der Waals surface area contributed by atoms with E-state index < -0.39 is 17.3 Å². The summed E-state index contributed by atoms with van der Waals surface area (Å²) < 4.78 is 6.29. The van der Waals surface area contributed by atoms with Crippen molar-refractivity contribution in [2.24, 2.45) is 45.3 Å². The van der Waals surface area contributed by atoms with Crippen molar-refractivity contribution >= 4 is 5.97 Å². The molecule has 0 saturated heterocycles. The average Bonchev–Trinajstić information content (AvgIpc) is 3.31. The van der Waals surface area contributed by atoms with E-state index in [1.54, 1.807) is 0 Å². The number of carbonyl (C=O) groups is 1. The minimum atomic E-state index is -0.849. The van der Waals surface area contributed by atoms with Crippen LogP contribution in [0.15, 0.2) is 0 Å². The van der Waals surface area contributed by atoms with Crippen LogP contribution in [0.4, 0.5) is 0 Å². The largest absolute Gasteiger partial charge is 0.462 e. The first-order valence-corrected chi connectivity index (χ1v) is 19.2. The number of unbranched alkanes of at least 4 members (excludes halogenated alkanes) is 6. The minimum Gasteiger partial charge on any atom is -0.462 e. The van der Waals surface area contributed by atoms with E-state index in [2.05, 4.69) is 41.5 Å². The Hall–Kier alpha value is -0.650. The highest BCUT2D eigenvalue weighted by Crippen LogP contribution is 2.76. The molecule has 0 aromatic rings. The number of aliphatic hydroxyl groups excluding tert-OH is 1. The molecule has 262 valence electrons. The molecule has 0 bridgehead atoms. The molecular weight excluding hydrogens is 560 g/mol. The second-order valence-electron chi connectivity index (χ2n) is 18.7. The van der Waals surface area contributed by atoms with Gasteiger partial charge < -0.3 is 20.1 Å². The smallest absolute Gasteiger partial charge is 0.306 e. The van der Waals surface area contributed by atoms with Crippen LogP contribution in [0.1, 0.15) is 178 Å². The standard InChI is InChI=1S/C40H72O5/c1-10-11-12-13-14-15-16-18-33(42)45-32-21-24-37(6)30(36(32,4)5)20-26-38(7)31(37)27-29(41)34-28(19-25-39(34,38)8)40(9,44)23-17-22-35(2,3)43/h28-32,34,41,43-44H,10-27H2,1-9H3/t28-,29+,30-,31+,32-,34-,37-,38+,39+,40+/m0/s1. The topological polar surface area (TPSA) is 87.0 Å². The monoisotopic (exact) mass is 633 g/mol. The minimum absolute atomic E-state index is 0.0130. The van der Waals surface area contributed by atoms with Crippen LogP contribution < -0.4 is 0 Å². The summed E-state index contributed by atoms with van der Waals surface area (Å²) in [6, 6.07) is 0. The molecule has 0 aromatic heterocycles. The van der Waals surface area contributed by atoms with E-state index in [0.29, 0.717) is 31.1 Å². The molecule has 0 spiro atoms. The maximum Gasteiger partial charge on any atom is 0.306 e. The second kappa shape index (κ2) is 13.7. The van der Waals surface area contributed by atoms with Crippen LogP contribution in [0.3, 0.4) is 0 Å². The maximum absolute atomic E-state index is 13.0. The number of aliphatic hydroxyl groups is 3. The van der Waals surface area contributed by atoms with E-state index in [0.717, 1.165) is 64.2 Å². The molecule has 4 aliphatic carbocycles. The summed E-state index contributed by atoms with van der Waals surface area (Å²) in [5.74, 6) is 1.00. The van der Waals surface area contributed by atoms with Gasteiger partial charge in [0.25, 0.3) is 0 Å². The van der Waals surface area contributed by atoms with E-state index in [1.807, 2.05) is 20.8 Å². The molecule has 0 radical (unpaired) electrons. The third-order valence-corrected chi connectivity index (χ3v) is 14.9. The molecule has 0 unspecified atom stereocenters. The van der Waals surface area contributed by atoms with Gasteiger partial charge >= 0.3 is 5.97 Å². The van der Waals surface area contributed by atoms with Gasteiger partial charge in [-0.2, -0.15) is 0 Å². The van der Waals surface area contributed by atoms with E-state index in [9.17, 15) is 20.1 Å². The highest BCUT2D eigenvalue weighted by atomic mass is 16.5. The maximum atomic E-state index is 13.0. The van der Waals surface area contributed by atoms with Gasteiger partial charge in [0.15, 0.2) is 0 Å². The number of ether oxygens (including phenoxy) is 1. The van der Waals surface area contributed by atoms with Gasteiger partial charge in [-0.15, -0.1) is 0 Å². The highest BCUT2D eigenvalue weighted by molar-refractivity contribution is 5.69. The van der Waals surface area contributed by atoms with Gasteiger partial charge in [-0.1, -0.05) is 80.1 Å². The summed E-state index contributed by atoms with van der Waals surface area (Å²) in [5, 5.41) is 34.1. The first-order chi connectivity index (χ1) is 20.8. The van der Waals surface area contributed by atoms with Crippen molar-refractivity contribution in [2.45, 2.75) is 201 Å². The van der Waals surface area contributed by atoms with E-state index in [1.165, 1.54) is 32.1 Å². The van der Waals surface area contributed by atoms with Crippen LogP contribution in [0, 0.1) is 45.3 Å². The number of carbonyl (C=O) groups excluding carboxylic acids is 1. The van der Waals surface area contributed by atoms with Gasteiger partial charge in [0.05, 0.1) is 17.3 Å². The van der Waals surface area contributed by atoms with Crippen molar-refractivity contribution in [2.75, 3.05) is 0 Å². The molecule has 0 aliphatic heterocycles. The fourth-order valence-corrected chi connectivity index (χ4v) is 12.2. The first kappa shape index (κ1) is 37.2. The lowest BCUT2D eigenvalue weighted by Gasteiger charge is -2.70. The Morgan fingerprint density at radius 2 is 1.40 bits per heavy atom. The summed E-state index contributed by atoms with van der Waals surface area (Å²) in [7, 11) is 0. The highest BCUT2D eigenvalue weighted by Gasteiger charge is 2.71. The molecule has 4 rings (SSSR count). The third-order valence-electron chi connectivity index (χ3n) is 14.9. The fraction of sp³-hybridized carbons (Fsp3) is 0.975. The Kier molecular flexibility index (Phi) is 11.3. The summed E-state index contributed by atoms with van der Waals surface area (Å²) in [5.41, 5.74) is -1.53. The summed E-state index contributed by atoms with van der Waals surface area (Å²) in [4.78, 5) is 13.0. The van der Waals surface area contributed by atoms with E-state index in [4.69, 9.17) is 4.74 Å². The SMILES string of the molecule is CCCCCCCCCC(=O)O[C@H]1CC[C@]2(C)[C@H]3C[C@@H](O)[C@@H]4[C@@H]([C@](C)(O)CCCC(C)(C)O)CC[C@@]4(C)[C@]3(C)CC[C@H]2C1(C)C. The van der Waals surface area contributed by atoms with Gasteiger partial charge in [-0.3, -0.25) is 4.79 Å². The molecule has 4 fully saturated rings. The van der Waals surface area contributed by atoms with Crippen LogP contribution in [0.5, 0.6) is 0 Å². The Bertz CT molecular complexity index is 997. The molecule has 0 amide bonds. The Morgan fingerprint density at radius 1 is 0.778 bits per heavy atom. The Morgan fingerprint density at radius 3 is 2.04 bits per heavy atom. The number of esters is 1. The number of rotatable bonds is 14. The zero-order chi connectivity index (χ0) is 33.5. The van der Waals surface area contributed by atoms with Crippen LogP contribution in [-0.4, -0.2) is 44.7 Å². The van der Waals surface area contributed by atoms with Crippen LogP contribution in [-0.2, 0) is 9.53 Å². The number of hydrogen-bond acceptors (Lipinski definition) is 5.